The van der Waals surface area contributed by atoms with Gasteiger partial charge in [-0.3, -0.25) is 4.57 Å². The molecular weight excluding hydrogens is 426 g/mol. The Hall–Kier alpha value is -4.63. The lowest BCUT2D eigenvalue weighted by Gasteiger charge is -2.23. The van der Waals surface area contributed by atoms with Crippen LogP contribution in [-0.4, -0.2) is 16.6 Å². The molecule has 3 heteroatoms. The van der Waals surface area contributed by atoms with E-state index in [4.69, 9.17) is 4.98 Å². The van der Waals surface area contributed by atoms with Crippen LogP contribution in [0.15, 0.2) is 133 Å². The maximum absolute atomic E-state index is 5.07. The van der Waals surface area contributed by atoms with Crippen molar-refractivity contribution in [2.75, 3.05) is 11.9 Å². The molecule has 35 heavy (non-hydrogen) atoms. The van der Waals surface area contributed by atoms with Crippen LogP contribution in [0, 0.1) is 0 Å². The maximum atomic E-state index is 5.07. The first-order valence-corrected chi connectivity index (χ1v) is 11.8. The Morgan fingerprint density at radius 1 is 0.571 bits per heavy atom. The zero-order chi connectivity index (χ0) is 23.6. The van der Waals surface area contributed by atoms with E-state index >= 15 is 0 Å². The number of pyridine rings is 1. The number of rotatable bonds is 5. The molecule has 0 atom stereocenters. The summed E-state index contributed by atoms with van der Waals surface area (Å²) < 4.78 is 2.34. The summed E-state index contributed by atoms with van der Waals surface area (Å²) in [4.78, 5) is 7.28. The lowest BCUT2D eigenvalue weighted by atomic mass is 10.0. The van der Waals surface area contributed by atoms with Crippen molar-refractivity contribution in [3.05, 3.63) is 133 Å². The molecule has 0 amide bonds. The van der Waals surface area contributed by atoms with E-state index in [1.165, 1.54) is 22.0 Å². The van der Waals surface area contributed by atoms with Crippen molar-refractivity contribution < 1.29 is 0 Å². The summed E-state index contributed by atoms with van der Waals surface area (Å²) in [6.45, 7) is 0. The van der Waals surface area contributed by atoms with E-state index in [1.54, 1.807) is 0 Å². The van der Waals surface area contributed by atoms with E-state index < -0.39 is 0 Å². The highest BCUT2D eigenvalue weighted by atomic mass is 15.3. The average Bonchev–Trinajstić information content (AvgIpc) is 3.29. The number of benzene rings is 4. The van der Waals surface area contributed by atoms with Crippen LogP contribution < -0.4 is 4.90 Å². The summed E-state index contributed by atoms with van der Waals surface area (Å²) in [6.07, 6.45) is 0. The minimum Gasteiger partial charge on any atom is -0.315 e. The Kier molecular flexibility index (Phi) is 5.36. The van der Waals surface area contributed by atoms with E-state index in [0.29, 0.717) is 0 Å². The standard InChI is InChI=1S/C32H25N3/c1-34(30-23-13-21-28(33-30)24-14-5-2-6-15-24)32-31(25-16-7-3-8-17-25)27-20-11-12-22-29(27)35(32)26-18-9-4-10-19-26/h2-23H,1H3. The zero-order valence-electron chi connectivity index (χ0n) is 19.5. The highest BCUT2D eigenvalue weighted by molar-refractivity contribution is 6.05. The summed E-state index contributed by atoms with van der Waals surface area (Å²) in [7, 11) is 2.11. The van der Waals surface area contributed by atoms with Crippen molar-refractivity contribution in [1.82, 2.24) is 9.55 Å². The number of para-hydroxylation sites is 2. The van der Waals surface area contributed by atoms with E-state index in [-0.39, 0.29) is 0 Å². The molecule has 0 radical (unpaired) electrons. The van der Waals surface area contributed by atoms with Gasteiger partial charge in [-0.25, -0.2) is 4.98 Å². The van der Waals surface area contributed by atoms with Crippen molar-refractivity contribution in [2.24, 2.45) is 0 Å². The second-order valence-corrected chi connectivity index (χ2v) is 8.56. The molecule has 0 fully saturated rings. The van der Waals surface area contributed by atoms with E-state index in [9.17, 15) is 0 Å². The minimum absolute atomic E-state index is 0.892. The van der Waals surface area contributed by atoms with Crippen molar-refractivity contribution >= 4 is 22.5 Å². The summed E-state index contributed by atoms with van der Waals surface area (Å²) in [5, 5.41) is 1.21. The van der Waals surface area contributed by atoms with E-state index in [1.807, 2.05) is 18.2 Å². The van der Waals surface area contributed by atoms with Gasteiger partial charge in [-0.2, -0.15) is 0 Å². The summed E-state index contributed by atoms with van der Waals surface area (Å²) >= 11 is 0. The lowest BCUT2D eigenvalue weighted by molar-refractivity contribution is 1.02. The quantitative estimate of drug-likeness (QED) is 0.264. The van der Waals surface area contributed by atoms with Gasteiger partial charge in [0.1, 0.15) is 11.6 Å². The third kappa shape index (κ3) is 3.77. The second-order valence-electron chi connectivity index (χ2n) is 8.56. The summed E-state index contributed by atoms with van der Waals surface area (Å²) in [5.74, 6) is 1.98. The Bertz CT molecular complexity index is 1510. The Labute approximate surface area is 205 Å². The van der Waals surface area contributed by atoms with Gasteiger partial charge in [-0.15, -0.1) is 0 Å². The van der Waals surface area contributed by atoms with Gasteiger partial charge < -0.3 is 4.90 Å². The van der Waals surface area contributed by atoms with E-state index in [0.717, 1.165) is 28.6 Å². The molecule has 0 spiro atoms. The number of aromatic nitrogens is 2. The number of hydrogen-bond donors (Lipinski definition) is 0. The Balaban J connectivity index is 1.63. The van der Waals surface area contributed by atoms with Crippen LogP contribution in [-0.2, 0) is 0 Å². The molecule has 3 nitrogen and oxygen atoms in total. The molecule has 4 aromatic carbocycles. The molecule has 168 valence electrons. The maximum Gasteiger partial charge on any atom is 0.134 e. The van der Waals surface area contributed by atoms with Gasteiger partial charge in [0.05, 0.1) is 11.2 Å². The van der Waals surface area contributed by atoms with Gasteiger partial charge in [0.15, 0.2) is 0 Å². The summed E-state index contributed by atoms with van der Waals surface area (Å²) in [6, 6.07) is 46.4. The molecule has 0 unspecified atom stereocenters. The van der Waals surface area contributed by atoms with Crippen molar-refractivity contribution in [2.45, 2.75) is 0 Å². The van der Waals surface area contributed by atoms with Crippen molar-refractivity contribution in [3.8, 4) is 28.1 Å². The lowest BCUT2D eigenvalue weighted by Crippen LogP contribution is -2.16. The fraction of sp³-hybridized carbons (Fsp3) is 0.0312. The molecule has 0 bridgehead atoms. The molecule has 0 saturated carbocycles. The molecule has 0 aliphatic heterocycles. The molecule has 0 N–H and O–H groups in total. The first-order chi connectivity index (χ1) is 17.3. The normalized spacial score (nSPS) is 11.0. The molecule has 0 saturated heterocycles. The van der Waals surface area contributed by atoms with Crippen LogP contribution in [0.25, 0.3) is 39.0 Å². The number of nitrogens with zero attached hydrogens (tertiary/aromatic N) is 3. The van der Waals surface area contributed by atoms with Gasteiger partial charge in [-0.05, 0) is 35.9 Å². The highest BCUT2D eigenvalue weighted by Crippen LogP contribution is 2.44. The first kappa shape index (κ1) is 20.9. The van der Waals surface area contributed by atoms with Gasteiger partial charge in [0.2, 0.25) is 0 Å². The fourth-order valence-corrected chi connectivity index (χ4v) is 4.76. The minimum atomic E-state index is 0.892. The summed E-state index contributed by atoms with van der Waals surface area (Å²) in [5.41, 5.74) is 6.72. The molecular formula is C32H25N3. The van der Waals surface area contributed by atoms with Crippen LogP contribution >= 0.6 is 0 Å². The smallest absolute Gasteiger partial charge is 0.134 e. The molecule has 2 aromatic heterocycles. The monoisotopic (exact) mass is 451 g/mol. The van der Waals surface area contributed by atoms with Gasteiger partial charge in [-0.1, -0.05) is 103 Å². The molecule has 6 rings (SSSR count). The topological polar surface area (TPSA) is 21.1 Å². The number of fused-ring (bicyclic) bond motifs is 1. The van der Waals surface area contributed by atoms with E-state index in [2.05, 4.69) is 132 Å². The second kappa shape index (κ2) is 8.96. The highest BCUT2D eigenvalue weighted by Gasteiger charge is 2.23. The van der Waals surface area contributed by atoms with Gasteiger partial charge in [0.25, 0.3) is 0 Å². The van der Waals surface area contributed by atoms with Gasteiger partial charge in [0, 0.05) is 29.2 Å². The van der Waals surface area contributed by atoms with Crippen molar-refractivity contribution in [1.29, 1.82) is 0 Å². The van der Waals surface area contributed by atoms with Crippen LogP contribution in [0.5, 0.6) is 0 Å². The third-order valence-electron chi connectivity index (χ3n) is 6.39. The van der Waals surface area contributed by atoms with Crippen molar-refractivity contribution in [3.63, 3.8) is 0 Å². The molecule has 2 heterocycles. The van der Waals surface area contributed by atoms with Crippen LogP contribution in [0.1, 0.15) is 0 Å². The molecule has 6 aromatic rings. The molecule has 0 aliphatic rings. The fourth-order valence-electron chi connectivity index (χ4n) is 4.76. The zero-order valence-corrected chi connectivity index (χ0v) is 19.5. The Morgan fingerprint density at radius 3 is 1.89 bits per heavy atom. The molecule has 0 aliphatic carbocycles. The van der Waals surface area contributed by atoms with Crippen LogP contribution in [0.3, 0.4) is 0 Å². The largest absolute Gasteiger partial charge is 0.315 e. The van der Waals surface area contributed by atoms with Gasteiger partial charge >= 0.3 is 0 Å². The van der Waals surface area contributed by atoms with Crippen LogP contribution in [0.4, 0.5) is 11.6 Å². The van der Waals surface area contributed by atoms with Crippen LogP contribution in [0.2, 0.25) is 0 Å². The predicted octanol–water partition coefficient (Wildman–Crippen LogP) is 8.13. The predicted molar refractivity (Wildman–Crippen MR) is 146 cm³/mol. The Morgan fingerprint density at radius 2 is 1.17 bits per heavy atom. The number of anilines is 2. The number of hydrogen-bond acceptors (Lipinski definition) is 2. The SMILES string of the molecule is CN(c1cccc(-c2ccccc2)n1)c1c(-c2ccccc2)c2ccccc2n1-c1ccccc1. The first-order valence-electron chi connectivity index (χ1n) is 11.8. The average molecular weight is 452 g/mol. The third-order valence-corrected chi connectivity index (χ3v) is 6.39.